The Morgan fingerprint density at radius 1 is 1.10 bits per heavy atom. The van der Waals surface area contributed by atoms with Crippen LogP contribution in [0.1, 0.15) is 29.9 Å². The summed E-state index contributed by atoms with van der Waals surface area (Å²) in [4.78, 5) is 0. The highest BCUT2D eigenvalue weighted by Crippen LogP contribution is 2.25. The molecule has 1 unspecified atom stereocenters. The van der Waals surface area contributed by atoms with Gasteiger partial charge in [-0.3, -0.25) is 0 Å². The minimum absolute atomic E-state index is 0.290. The molecule has 3 aromatic rings. The number of hydrogen-bond donors (Lipinski definition) is 1. The van der Waals surface area contributed by atoms with Crippen molar-refractivity contribution in [3.05, 3.63) is 71.7 Å². The topological polar surface area (TPSA) is 25.2 Å². The third kappa shape index (κ3) is 3.01. The maximum absolute atomic E-state index is 5.48. The van der Waals surface area contributed by atoms with E-state index in [9.17, 15) is 0 Å². The first-order valence-corrected chi connectivity index (χ1v) is 7.53. The molecule has 0 spiro atoms. The van der Waals surface area contributed by atoms with Crippen molar-refractivity contribution in [2.24, 2.45) is 0 Å². The smallest absolute Gasteiger partial charge is 0.101 e. The highest BCUT2D eigenvalue weighted by Gasteiger charge is 2.14. The van der Waals surface area contributed by atoms with E-state index in [-0.39, 0.29) is 0 Å². The first kappa shape index (κ1) is 13.9. The summed E-state index contributed by atoms with van der Waals surface area (Å²) in [6.07, 6.45) is 2.84. The van der Waals surface area contributed by atoms with Gasteiger partial charge >= 0.3 is 0 Å². The SMILES string of the molecule is CCNC(Cc1cccc2ccccc12)c1coc(C)c1. The van der Waals surface area contributed by atoms with Crippen molar-refractivity contribution in [2.45, 2.75) is 26.3 Å². The largest absolute Gasteiger partial charge is 0.469 e. The van der Waals surface area contributed by atoms with Crippen molar-refractivity contribution < 1.29 is 4.42 Å². The van der Waals surface area contributed by atoms with E-state index in [2.05, 4.69) is 60.8 Å². The van der Waals surface area contributed by atoms with Crippen molar-refractivity contribution in [1.29, 1.82) is 0 Å². The van der Waals surface area contributed by atoms with Crippen molar-refractivity contribution in [1.82, 2.24) is 5.32 Å². The third-order valence-electron chi connectivity index (χ3n) is 3.91. The Balaban J connectivity index is 1.94. The molecule has 0 amide bonds. The van der Waals surface area contributed by atoms with Gasteiger partial charge in [-0.1, -0.05) is 49.4 Å². The predicted molar refractivity (Wildman–Crippen MR) is 87.5 cm³/mol. The van der Waals surface area contributed by atoms with Gasteiger partial charge < -0.3 is 9.73 Å². The van der Waals surface area contributed by atoms with Crippen LogP contribution in [0.25, 0.3) is 10.8 Å². The van der Waals surface area contributed by atoms with E-state index < -0.39 is 0 Å². The first-order chi connectivity index (χ1) is 10.3. The van der Waals surface area contributed by atoms with Gasteiger partial charge in [-0.15, -0.1) is 0 Å². The highest BCUT2D eigenvalue weighted by atomic mass is 16.3. The van der Waals surface area contributed by atoms with Crippen molar-refractivity contribution in [3.8, 4) is 0 Å². The molecule has 1 heterocycles. The molecule has 0 bridgehead atoms. The van der Waals surface area contributed by atoms with E-state index in [1.165, 1.54) is 21.9 Å². The molecule has 2 aromatic carbocycles. The van der Waals surface area contributed by atoms with Crippen LogP contribution in [0.3, 0.4) is 0 Å². The summed E-state index contributed by atoms with van der Waals surface area (Å²) in [7, 11) is 0. The Morgan fingerprint density at radius 2 is 1.90 bits per heavy atom. The molecule has 1 aromatic heterocycles. The fourth-order valence-corrected chi connectivity index (χ4v) is 2.89. The number of hydrogen-bond acceptors (Lipinski definition) is 2. The number of furan rings is 1. The van der Waals surface area contributed by atoms with Crippen LogP contribution in [0.5, 0.6) is 0 Å². The molecular weight excluding hydrogens is 258 g/mol. The molecule has 0 saturated heterocycles. The molecule has 0 fully saturated rings. The standard InChI is InChI=1S/C19H21NO/c1-3-20-19(17-11-14(2)21-13-17)12-16-9-6-8-15-7-4-5-10-18(15)16/h4-11,13,19-20H,3,12H2,1-2H3. The van der Waals surface area contributed by atoms with Crippen LogP contribution >= 0.6 is 0 Å². The Morgan fingerprint density at radius 3 is 2.67 bits per heavy atom. The molecule has 21 heavy (non-hydrogen) atoms. The molecule has 3 rings (SSSR count). The van der Waals surface area contributed by atoms with Gasteiger partial charge in [-0.25, -0.2) is 0 Å². The number of aryl methyl sites for hydroxylation is 1. The van der Waals surface area contributed by atoms with Crippen LogP contribution in [0.15, 0.2) is 59.2 Å². The Hall–Kier alpha value is -2.06. The Kier molecular flexibility index (Phi) is 4.07. The van der Waals surface area contributed by atoms with Gasteiger partial charge in [-0.2, -0.15) is 0 Å². The van der Waals surface area contributed by atoms with E-state index in [1.807, 2.05) is 13.2 Å². The molecule has 0 aliphatic carbocycles. The quantitative estimate of drug-likeness (QED) is 0.736. The monoisotopic (exact) mass is 279 g/mol. The fraction of sp³-hybridized carbons (Fsp3) is 0.263. The average Bonchev–Trinajstić information content (AvgIpc) is 2.94. The second-order valence-corrected chi connectivity index (χ2v) is 5.44. The lowest BCUT2D eigenvalue weighted by atomic mass is 9.96. The zero-order valence-corrected chi connectivity index (χ0v) is 12.6. The summed E-state index contributed by atoms with van der Waals surface area (Å²) in [5.41, 5.74) is 2.60. The molecule has 0 saturated carbocycles. The number of nitrogens with one attached hydrogen (secondary N) is 1. The van der Waals surface area contributed by atoms with E-state index in [0.717, 1.165) is 18.7 Å². The Bertz CT molecular complexity index is 724. The lowest BCUT2D eigenvalue weighted by Gasteiger charge is -2.17. The summed E-state index contributed by atoms with van der Waals surface area (Å²) in [6.45, 7) is 5.08. The first-order valence-electron chi connectivity index (χ1n) is 7.53. The minimum Gasteiger partial charge on any atom is -0.469 e. The third-order valence-corrected chi connectivity index (χ3v) is 3.91. The van der Waals surface area contributed by atoms with Crippen LogP contribution in [0, 0.1) is 6.92 Å². The van der Waals surface area contributed by atoms with Gasteiger partial charge in [0.2, 0.25) is 0 Å². The predicted octanol–water partition coefficient (Wildman–Crippen LogP) is 4.63. The van der Waals surface area contributed by atoms with Gasteiger partial charge in [0.15, 0.2) is 0 Å². The summed E-state index contributed by atoms with van der Waals surface area (Å²) < 4.78 is 5.48. The summed E-state index contributed by atoms with van der Waals surface area (Å²) in [5.74, 6) is 0.964. The summed E-state index contributed by atoms with van der Waals surface area (Å²) in [5, 5.41) is 6.20. The van der Waals surface area contributed by atoms with Gasteiger partial charge in [0, 0.05) is 11.6 Å². The molecule has 0 radical (unpaired) electrons. The summed E-state index contributed by atoms with van der Waals surface area (Å²) >= 11 is 0. The van der Waals surface area contributed by atoms with E-state index in [0.29, 0.717) is 6.04 Å². The molecule has 2 heteroatoms. The van der Waals surface area contributed by atoms with Crippen molar-refractivity contribution >= 4 is 10.8 Å². The van der Waals surface area contributed by atoms with E-state index in [4.69, 9.17) is 4.42 Å². The van der Waals surface area contributed by atoms with Crippen LogP contribution in [-0.2, 0) is 6.42 Å². The lowest BCUT2D eigenvalue weighted by molar-refractivity contribution is 0.512. The maximum atomic E-state index is 5.48. The van der Waals surface area contributed by atoms with Crippen LogP contribution < -0.4 is 5.32 Å². The zero-order valence-electron chi connectivity index (χ0n) is 12.6. The fourth-order valence-electron chi connectivity index (χ4n) is 2.89. The lowest BCUT2D eigenvalue weighted by Crippen LogP contribution is -2.22. The molecule has 1 N–H and O–H groups in total. The second-order valence-electron chi connectivity index (χ2n) is 5.44. The number of likely N-dealkylation sites (N-methyl/N-ethyl adjacent to an activating group) is 1. The minimum atomic E-state index is 0.290. The van der Waals surface area contributed by atoms with Gasteiger partial charge in [0.25, 0.3) is 0 Å². The molecule has 1 atom stereocenters. The molecule has 0 aliphatic heterocycles. The number of rotatable bonds is 5. The van der Waals surface area contributed by atoms with Gasteiger partial charge in [-0.05, 0) is 42.3 Å². The molecule has 0 aliphatic rings. The van der Waals surface area contributed by atoms with Crippen molar-refractivity contribution in [2.75, 3.05) is 6.54 Å². The molecular formula is C19H21NO. The number of fused-ring (bicyclic) bond motifs is 1. The van der Waals surface area contributed by atoms with Gasteiger partial charge in [0.05, 0.1) is 6.26 Å². The second kappa shape index (κ2) is 6.15. The summed E-state index contributed by atoms with van der Waals surface area (Å²) in [6, 6.07) is 17.5. The van der Waals surface area contributed by atoms with Crippen LogP contribution in [0.2, 0.25) is 0 Å². The zero-order chi connectivity index (χ0) is 14.7. The normalized spacial score (nSPS) is 12.7. The van der Waals surface area contributed by atoms with Crippen LogP contribution in [-0.4, -0.2) is 6.54 Å². The van der Waals surface area contributed by atoms with Crippen LogP contribution in [0.4, 0.5) is 0 Å². The Labute approximate surface area is 125 Å². The molecule has 2 nitrogen and oxygen atoms in total. The van der Waals surface area contributed by atoms with E-state index in [1.54, 1.807) is 0 Å². The van der Waals surface area contributed by atoms with Crippen molar-refractivity contribution in [3.63, 3.8) is 0 Å². The van der Waals surface area contributed by atoms with E-state index >= 15 is 0 Å². The number of benzene rings is 2. The molecule has 108 valence electrons. The maximum Gasteiger partial charge on any atom is 0.101 e. The average molecular weight is 279 g/mol. The van der Waals surface area contributed by atoms with Gasteiger partial charge in [0.1, 0.15) is 5.76 Å². The highest BCUT2D eigenvalue weighted by molar-refractivity contribution is 5.85.